The molecule has 1 heterocycles. The molecule has 1 aromatic heterocycles. The van der Waals surface area contributed by atoms with E-state index in [1.165, 1.54) is 12.1 Å². The third-order valence-corrected chi connectivity index (χ3v) is 5.21. The Morgan fingerprint density at radius 1 is 0.690 bits per heavy atom. The largest absolute Gasteiger partial charge is 0.418 e. The van der Waals surface area contributed by atoms with Crippen molar-refractivity contribution in [3.8, 4) is 28.2 Å². The Labute approximate surface area is 174 Å². The minimum absolute atomic E-state index is 0.0785. The quantitative estimate of drug-likeness (QED) is 0.325. The van der Waals surface area contributed by atoms with Gasteiger partial charge in [-0.25, -0.2) is 0 Å². The number of nitrogens with two attached hydrogens (primary N) is 1. The lowest BCUT2D eigenvalue weighted by molar-refractivity contribution is -0.137. The highest BCUT2D eigenvalue weighted by Gasteiger charge is 2.34. The molecular formula is C23H16BrF3N2. The third-order valence-electron chi connectivity index (χ3n) is 4.68. The van der Waals surface area contributed by atoms with E-state index in [2.05, 4.69) is 15.9 Å². The topological polar surface area (TPSA) is 30.9 Å². The summed E-state index contributed by atoms with van der Waals surface area (Å²) in [6.07, 6.45) is -4.48. The average Bonchev–Trinajstić information content (AvgIpc) is 3.13. The van der Waals surface area contributed by atoms with E-state index in [-0.39, 0.29) is 5.69 Å². The van der Waals surface area contributed by atoms with Gasteiger partial charge in [0.2, 0.25) is 0 Å². The maximum absolute atomic E-state index is 13.8. The number of hydrogen-bond acceptors (Lipinski definition) is 1. The second-order valence-corrected chi connectivity index (χ2v) is 7.50. The van der Waals surface area contributed by atoms with Gasteiger partial charge < -0.3 is 10.3 Å². The molecule has 3 aromatic carbocycles. The number of alkyl halides is 3. The first kappa shape index (κ1) is 19.3. The van der Waals surface area contributed by atoms with Crippen molar-refractivity contribution in [3.63, 3.8) is 0 Å². The van der Waals surface area contributed by atoms with E-state index in [0.717, 1.165) is 21.7 Å². The molecule has 4 aromatic rings. The molecule has 0 fully saturated rings. The van der Waals surface area contributed by atoms with Gasteiger partial charge in [-0.05, 0) is 59.7 Å². The van der Waals surface area contributed by atoms with Gasteiger partial charge in [-0.3, -0.25) is 0 Å². The monoisotopic (exact) mass is 456 g/mol. The Kier molecular flexibility index (Phi) is 4.96. The molecule has 0 aliphatic carbocycles. The number of halogens is 4. The van der Waals surface area contributed by atoms with Gasteiger partial charge in [-0.1, -0.05) is 52.3 Å². The molecule has 0 atom stereocenters. The van der Waals surface area contributed by atoms with Crippen LogP contribution >= 0.6 is 15.9 Å². The summed E-state index contributed by atoms with van der Waals surface area (Å²) in [7, 11) is 0. The molecule has 0 saturated carbocycles. The fraction of sp³-hybridized carbons (Fsp3) is 0.0435. The number of benzene rings is 3. The van der Waals surface area contributed by atoms with Crippen molar-refractivity contribution >= 4 is 21.6 Å². The predicted molar refractivity (Wildman–Crippen MR) is 114 cm³/mol. The summed E-state index contributed by atoms with van der Waals surface area (Å²) in [5.41, 5.74) is 8.68. The van der Waals surface area contributed by atoms with Gasteiger partial charge in [0.15, 0.2) is 0 Å². The number of hydrogen-bond donors (Lipinski definition) is 1. The van der Waals surface area contributed by atoms with Gasteiger partial charge in [0.1, 0.15) is 0 Å². The Bertz CT molecular complexity index is 1080. The zero-order chi connectivity index (χ0) is 20.6. The lowest BCUT2D eigenvalue weighted by Gasteiger charge is -2.19. The van der Waals surface area contributed by atoms with E-state index >= 15 is 0 Å². The van der Waals surface area contributed by atoms with Crippen LogP contribution in [0.5, 0.6) is 0 Å². The molecule has 0 amide bonds. The lowest BCUT2D eigenvalue weighted by atomic mass is 10.1. The van der Waals surface area contributed by atoms with E-state index in [1.807, 2.05) is 48.5 Å². The van der Waals surface area contributed by atoms with Crippen LogP contribution in [0.3, 0.4) is 0 Å². The second kappa shape index (κ2) is 7.44. The van der Waals surface area contributed by atoms with E-state index in [0.29, 0.717) is 17.1 Å². The molecule has 2 nitrogen and oxygen atoms in total. The fourth-order valence-electron chi connectivity index (χ4n) is 3.33. The van der Waals surface area contributed by atoms with E-state index < -0.39 is 11.7 Å². The van der Waals surface area contributed by atoms with Crippen molar-refractivity contribution in [1.82, 2.24) is 4.57 Å². The standard InChI is InChI=1S/C23H16BrF3N2/c24-17-9-5-15(6-10-17)20-13-14-21(16-7-11-18(28)12-8-16)29(20)22-4-2-1-3-19(22)23(25,26)27/h1-14H,28H2. The summed E-state index contributed by atoms with van der Waals surface area (Å²) in [6, 6.07) is 23.8. The Morgan fingerprint density at radius 3 is 1.76 bits per heavy atom. The summed E-state index contributed by atoms with van der Waals surface area (Å²) >= 11 is 3.40. The molecule has 0 aliphatic heterocycles. The smallest absolute Gasteiger partial charge is 0.399 e. The van der Waals surface area contributed by atoms with Crippen molar-refractivity contribution in [2.24, 2.45) is 0 Å². The van der Waals surface area contributed by atoms with Crippen LogP contribution in [0, 0.1) is 0 Å². The van der Waals surface area contributed by atoms with Crippen molar-refractivity contribution in [3.05, 3.63) is 95.0 Å². The maximum Gasteiger partial charge on any atom is 0.418 e. The molecular weight excluding hydrogens is 441 g/mol. The molecule has 146 valence electrons. The number of nitrogen functional groups attached to an aromatic ring is 1. The highest BCUT2D eigenvalue weighted by atomic mass is 79.9. The Morgan fingerprint density at radius 2 is 1.21 bits per heavy atom. The Balaban J connectivity index is 2.01. The first-order valence-electron chi connectivity index (χ1n) is 8.85. The van der Waals surface area contributed by atoms with Gasteiger partial charge >= 0.3 is 6.18 Å². The molecule has 0 aliphatic rings. The van der Waals surface area contributed by atoms with E-state index in [4.69, 9.17) is 5.73 Å². The fourth-order valence-corrected chi connectivity index (χ4v) is 3.59. The maximum atomic E-state index is 13.8. The lowest BCUT2D eigenvalue weighted by Crippen LogP contribution is -2.12. The Hall–Kier alpha value is -2.99. The summed E-state index contributed by atoms with van der Waals surface area (Å²) < 4.78 is 43.9. The SMILES string of the molecule is Nc1ccc(-c2ccc(-c3ccc(Br)cc3)n2-c2ccccc2C(F)(F)F)cc1. The molecule has 6 heteroatoms. The second-order valence-electron chi connectivity index (χ2n) is 6.58. The highest BCUT2D eigenvalue weighted by molar-refractivity contribution is 9.10. The van der Waals surface area contributed by atoms with E-state index in [1.54, 1.807) is 22.8 Å². The molecule has 4 rings (SSSR count). The van der Waals surface area contributed by atoms with Gasteiger partial charge in [-0.2, -0.15) is 13.2 Å². The molecule has 0 saturated heterocycles. The molecule has 2 N–H and O–H groups in total. The van der Waals surface area contributed by atoms with Gasteiger partial charge in [0, 0.05) is 10.2 Å². The number of rotatable bonds is 3. The minimum Gasteiger partial charge on any atom is -0.399 e. The summed E-state index contributed by atoms with van der Waals surface area (Å²) in [5, 5.41) is 0. The zero-order valence-electron chi connectivity index (χ0n) is 15.1. The highest BCUT2D eigenvalue weighted by Crippen LogP contribution is 2.39. The predicted octanol–water partition coefficient (Wildman–Crippen LogP) is 7.17. The number of para-hydroxylation sites is 1. The first-order chi connectivity index (χ1) is 13.8. The van der Waals surface area contributed by atoms with Crippen LogP contribution in [-0.4, -0.2) is 4.57 Å². The molecule has 29 heavy (non-hydrogen) atoms. The van der Waals surface area contributed by atoms with Crippen molar-refractivity contribution in [1.29, 1.82) is 0 Å². The zero-order valence-corrected chi connectivity index (χ0v) is 16.7. The van der Waals surface area contributed by atoms with Crippen molar-refractivity contribution in [2.45, 2.75) is 6.18 Å². The molecule has 0 spiro atoms. The number of anilines is 1. The number of nitrogens with zero attached hydrogens (tertiary/aromatic N) is 1. The van der Waals surface area contributed by atoms with Crippen LogP contribution in [0.4, 0.5) is 18.9 Å². The van der Waals surface area contributed by atoms with Crippen LogP contribution < -0.4 is 5.73 Å². The van der Waals surface area contributed by atoms with Crippen LogP contribution in [0.2, 0.25) is 0 Å². The first-order valence-corrected chi connectivity index (χ1v) is 9.64. The third kappa shape index (κ3) is 3.80. The minimum atomic E-state index is -4.48. The van der Waals surface area contributed by atoms with Crippen LogP contribution in [0.1, 0.15) is 5.56 Å². The van der Waals surface area contributed by atoms with Gasteiger partial charge in [0.05, 0.1) is 22.6 Å². The molecule has 0 radical (unpaired) electrons. The van der Waals surface area contributed by atoms with Crippen molar-refractivity contribution < 1.29 is 13.2 Å². The average molecular weight is 457 g/mol. The molecule has 0 unspecified atom stereocenters. The van der Waals surface area contributed by atoms with Gasteiger partial charge in [-0.15, -0.1) is 0 Å². The summed E-state index contributed by atoms with van der Waals surface area (Å²) in [6.45, 7) is 0. The van der Waals surface area contributed by atoms with Gasteiger partial charge in [0.25, 0.3) is 0 Å². The molecule has 0 bridgehead atoms. The summed E-state index contributed by atoms with van der Waals surface area (Å²) in [4.78, 5) is 0. The van der Waals surface area contributed by atoms with Crippen LogP contribution in [0.15, 0.2) is 89.4 Å². The van der Waals surface area contributed by atoms with E-state index in [9.17, 15) is 13.2 Å². The normalized spacial score (nSPS) is 11.6. The van der Waals surface area contributed by atoms with Crippen LogP contribution in [0.25, 0.3) is 28.2 Å². The van der Waals surface area contributed by atoms with Crippen molar-refractivity contribution in [2.75, 3.05) is 5.73 Å². The number of aromatic nitrogens is 1. The summed E-state index contributed by atoms with van der Waals surface area (Å²) in [5.74, 6) is 0. The van der Waals surface area contributed by atoms with Crippen LogP contribution in [-0.2, 0) is 6.18 Å².